The highest BCUT2D eigenvalue weighted by molar-refractivity contribution is 6.01. The number of ether oxygens (including phenoxy) is 3. The van der Waals surface area contributed by atoms with Crippen LogP contribution in [0.3, 0.4) is 0 Å². The number of rotatable bonds is 3. The summed E-state index contributed by atoms with van der Waals surface area (Å²) in [5.41, 5.74) is 0.260. The summed E-state index contributed by atoms with van der Waals surface area (Å²) in [5.74, 6) is 0.519. The Morgan fingerprint density at radius 3 is 2.32 bits per heavy atom. The van der Waals surface area contributed by atoms with Crippen molar-refractivity contribution in [2.24, 2.45) is 0 Å². The van der Waals surface area contributed by atoms with E-state index in [0.29, 0.717) is 22.3 Å². The van der Waals surface area contributed by atoms with E-state index in [1.807, 2.05) is 0 Å². The minimum absolute atomic E-state index is 0.0323. The number of phenols is 1. The molecular formula is C14H14O5. The second-order valence-corrected chi connectivity index (χ2v) is 3.91. The Labute approximate surface area is 110 Å². The lowest BCUT2D eigenvalue weighted by molar-refractivity contribution is 0.0600. The molecule has 0 unspecified atom stereocenters. The summed E-state index contributed by atoms with van der Waals surface area (Å²) in [6.07, 6.45) is 0. The summed E-state index contributed by atoms with van der Waals surface area (Å²) in [7, 11) is 4.32. The summed E-state index contributed by atoms with van der Waals surface area (Å²) in [4.78, 5) is 11.5. The first kappa shape index (κ1) is 13.0. The number of carbonyl (C=O) groups excluding carboxylic acids is 1. The number of esters is 1. The van der Waals surface area contributed by atoms with Crippen LogP contribution in [-0.2, 0) is 4.74 Å². The van der Waals surface area contributed by atoms with Crippen LogP contribution in [0.4, 0.5) is 0 Å². The van der Waals surface area contributed by atoms with Gasteiger partial charge in [0.1, 0.15) is 17.2 Å². The molecule has 1 N–H and O–H groups in total. The van der Waals surface area contributed by atoms with Gasteiger partial charge in [-0.3, -0.25) is 0 Å². The fraction of sp³-hybridized carbons (Fsp3) is 0.214. The van der Waals surface area contributed by atoms with Gasteiger partial charge in [-0.05, 0) is 18.2 Å². The molecule has 5 heteroatoms. The molecule has 0 radical (unpaired) electrons. The fourth-order valence-electron chi connectivity index (χ4n) is 1.91. The Balaban J connectivity index is 2.76. The molecule has 2 aromatic rings. The lowest BCUT2D eigenvalue weighted by Crippen LogP contribution is -2.01. The van der Waals surface area contributed by atoms with Crippen molar-refractivity contribution >= 4 is 16.7 Å². The zero-order chi connectivity index (χ0) is 14.0. The van der Waals surface area contributed by atoms with Gasteiger partial charge in [0, 0.05) is 16.8 Å². The zero-order valence-corrected chi connectivity index (χ0v) is 10.9. The second kappa shape index (κ2) is 5.06. The molecule has 2 rings (SSSR count). The molecule has 0 amide bonds. The molecule has 0 bridgehead atoms. The number of methoxy groups -OCH3 is 3. The van der Waals surface area contributed by atoms with Crippen LogP contribution in [-0.4, -0.2) is 32.4 Å². The SMILES string of the molecule is COC(=O)c1cc(O)c2cc(OC)cc(OC)c2c1. The van der Waals surface area contributed by atoms with Crippen molar-refractivity contribution in [1.82, 2.24) is 0 Å². The molecule has 0 aliphatic carbocycles. The Hall–Kier alpha value is -2.43. The van der Waals surface area contributed by atoms with Gasteiger partial charge in [0.2, 0.25) is 0 Å². The van der Waals surface area contributed by atoms with Crippen LogP contribution in [0.15, 0.2) is 24.3 Å². The van der Waals surface area contributed by atoms with E-state index in [4.69, 9.17) is 9.47 Å². The molecular weight excluding hydrogens is 248 g/mol. The minimum Gasteiger partial charge on any atom is -0.507 e. The van der Waals surface area contributed by atoms with Crippen LogP contribution in [0.1, 0.15) is 10.4 Å². The molecule has 0 aromatic heterocycles. The molecule has 0 saturated heterocycles. The van der Waals surface area contributed by atoms with E-state index in [2.05, 4.69) is 4.74 Å². The summed E-state index contributed by atoms with van der Waals surface area (Å²) >= 11 is 0. The van der Waals surface area contributed by atoms with Crippen LogP contribution >= 0.6 is 0 Å². The van der Waals surface area contributed by atoms with Gasteiger partial charge in [-0.2, -0.15) is 0 Å². The Morgan fingerprint density at radius 2 is 1.74 bits per heavy atom. The minimum atomic E-state index is -0.518. The number of carbonyl (C=O) groups is 1. The van der Waals surface area contributed by atoms with Gasteiger partial charge in [-0.1, -0.05) is 0 Å². The molecule has 0 aliphatic rings. The van der Waals surface area contributed by atoms with Crippen molar-refractivity contribution in [2.45, 2.75) is 0 Å². The van der Waals surface area contributed by atoms with Crippen LogP contribution in [0.25, 0.3) is 10.8 Å². The predicted octanol–water partition coefficient (Wildman–Crippen LogP) is 2.35. The standard InChI is InChI=1S/C14H14O5/c1-17-9-6-10-11(13(7-9)18-2)4-8(5-12(10)15)14(16)19-3/h4-7,15H,1-3H3. The van der Waals surface area contributed by atoms with E-state index in [1.54, 1.807) is 18.2 Å². The third-order valence-electron chi connectivity index (χ3n) is 2.86. The molecule has 0 fully saturated rings. The monoisotopic (exact) mass is 262 g/mol. The summed E-state index contributed by atoms with van der Waals surface area (Å²) in [6.45, 7) is 0. The van der Waals surface area contributed by atoms with Crippen molar-refractivity contribution in [3.63, 3.8) is 0 Å². The topological polar surface area (TPSA) is 65.0 Å². The highest BCUT2D eigenvalue weighted by Gasteiger charge is 2.14. The third-order valence-corrected chi connectivity index (χ3v) is 2.86. The third kappa shape index (κ3) is 2.27. The largest absolute Gasteiger partial charge is 0.507 e. The maximum Gasteiger partial charge on any atom is 0.338 e. The van der Waals surface area contributed by atoms with Crippen LogP contribution < -0.4 is 9.47 Å². The quantitative estimate of drug-likeness (QED) is 0.860. The van der Waals surface area contributed by atoms with Crippen molar-refractivity contribution in [3.05, 3.63) is 29.8 Å². The van der Waals surface area contributed by atoms with Gasteiger partial charge in [0.15, 0.2) is 0 Å². The zero-order valence-electron chi connectivity index (χ0n) is 10.9. The molecule has 0 heterocycles. The maximum atomic E-state index is 11.5. The Bertz CT molecular complexity index is 633. The molecule has 5 nitrogen and oxygen atoms in total. The molecule has 0 aliphatic heterocycles. The number of benzene rings is 2. The molecule has 0 atom stereocenters. The van der Waals surface area contributed by atoms with Gasteiger partial charge in [0.25, 0.3) is 0 Å². The maximum absolute atomic E-state index is 11.5. The van der Waals surface area contributed by atoms with Gasteiger partial charge >= 0.3 is 5.97 Å². The first-order chi connectivity index (χ1) is 9.10. The average Bonchev–Trinajstić information content (AvgIpc) is 2.45. The highest BCUT2D eigenvalue weighted by atomic mass is 16.5. The van der Waals surface area contributed by atoms with Gasteiger partial charge in [0.05, 0.1) is 26.9 Å². The summed E-state index contributed by atoms with van der Waals surface area (Å²) in [5, 5.41) is 11.2. The van der Waals surface area contributed by atoms with E-state index in [9.17, 15) is 9.90 Å². The van der Waals surface area contributed by atoms with Gasteiger partial charge in [-0.15, -0.1) is 0 Å². The number of hydrogen-bond donors (Lipinski definition) is 1. The molecule has 0 saturated carbocycles. The second-order valence-electron chi connectivity index (χ2n) is 3.91. The van der Waals surface area contributed by atoms with Crippen LogP contribution in [0, 0.1) is 0 Å². The summed E-state index contributed by atoms with van der Waals surface area (Å²) < 4.78 is 15.0. The number of aromatic hydroxyl groups is 1. The van der Waals surface area contributed by atoms with Gasteiger partial charge < -0.3 is 19.3 Å². The van der Waals surface area contributed by atoms with E-state index >= 15 is 0 Å². The highest BCUT2D eigenvalue weighted by Crippen LogP contribution is 2.36. The van der Waals surface area contributed by atoms with Crippen molar-refractivity contribution in [2.75, 3.05) is 21.3 Å². The lowest BCUT2D eigenvalue weighted by atomic mass is 10.0. The number of phenolic OH excluding ortho intramolecular Hbond substituents is 1. The van der Waals surface area contributed by atoms with E-state index in [0.717, 1.165) is 0 Å². The number of hydrogen-bond acceptors (Lipinski definition) is 5. The molecule has 19 heavy (non-hydrogen) atoms. The smallest absolute Gasteiger partial charge is 0.338 e. The Morgan fingerprint density at radius 1 is 1.00 bits per heavy atom. The number of fused-ring (bicyclic) bond motifs is 1. The van der Waals surface area contributed by atoms with Crippen molar-refractivity contribution < 1.29 is 24.1 Å². The molecule has 100 valence electrons. The van der Waals surface area contributed by atoms with E-state index < -0.39 is 5.97 Å². The normalized spacial score (nSPS) is 10.3. The van der Waals surface area contributed by atoms with Crippen LogP contribution in [0.5, 0.6) is 17.2 Å². The lowest BCUT2D eigenvalue weighted by Gasteiger charge is -2.11. The van der Waals surface area contributed by atoms with Crippen LogP contribution in [0.2, 0.25) is 0 Å². The first-order valence-corrected chi connectivity index (χ1v) is 5.57. The van der Waals surface area contributed by atoms with Crippen molar-refractivity contribution in [3.8, 4) is 17.2 Å². The van der Waals surface area contributed by atoms with Crippen molar-refractivity contribution in [1.29, 1.82) is 0 Å². The molecule has 0 spiro atoms. The average molecular weight is 262 g/mol. The molecule has 2 aromatic carbocycles. The van der Waals surface area contributed by atoms with E-state index in [-0.39, 0.29) is 11.3 Å². The first-order valence-electron chi connectivity index (χ1n) is 5.57. The summed E-state index contributed by atoms with van der Waals surface area (Å²) in [6, 6.07) is 6.32. The predicted molar refractivity (Wildman–Crippen MR) is 70.1 cm³/mol. The van der Waals surface area contributed by atoms with Gasteiger partial charge in [-0.25, -0.2) is 4.79 Å². The van der Waals surface area contributed by atoms with E-state index in [1.165, 1.54) is 27.4 Å². The Kier molecular flexibility index (Phi) is 3.46. The fourth-order valence-corrected chi connectivity index (χ4v) is 1.91.